The first-order valence-corrected chi connectivity index (χ1v) is 11.3. The summed E-state index contributed by atoms with van der Waals surface area (Å²) in [6, 6.07) is 0. The van der Waals surface area contributed by atoms with Crippen molar-refractivity contribution < 1.29 is 19.4 Å². The lowest BCUT2D eigenvalue weighted by Gasteiger charge is -2.19. The Morgan fingerprint density at radius 1 is 0.857 bits per heavy atom. The Morgan fingerprint density at radius 3 is 1.79 bits per heavy atom. The fourth-order valence-electron chi connectivity index (χ4n) is 3.11. The van der Waals surface area contributed by atoms with Gasteiger partial charge in [-0.25, -0.2) is 0 Å². The van der Waals surface area contributed by atoms with Crippen LogP contribution in [0.3, 0.4) is 0 Å². The molecule has 0 aromatic carbocycles. The Morgan fingerprint density at radius 2 is 1.32 bits per heavy atom. The van der Waals surface area contributed by atoms with Crippen molar-refractivity contribution in [3.63, 3.8) is 0 Å². The highest BCUT2D eigenvalue weighted by atomic mass is 16.6. The molecule has 0 saturated heterocycles. The molecule has 5 heteroatoms. The van der Waals surface area contributed by atoms with Crippen molar-refractivity contribution in [3.05, 3.63) is 0 Å². The average Bonchev–Trinajstić information content (AvgIpc) is 2.56. The number of amides is 1. The van der Waals surface area contributed by atoms with E-state index >= 15 is 0 Å². The molecule has 28 heavy (non-hydrogen) atoms. The molecule has 0 rings (SSSR count). The normalized spacial score (nSPS) is 12.8. The fraction of sp³-hybridized carbons (Fsp3) is 0.913. The van der Waals surface area contributed by atoms with Gasteiger partial charge in [-0.05, 0) is 33.1 Å². The first kappa shape index (κ1) is 26.9. The summed E-state index contributed by atoms with van der Waals surface area (Å²) in [6.45, 7) is 9.76. The number of ether oxygens (including phenoxy) is 1. The lowest BCUT2D eigenvalue weighted by molar-refractivity contribution is -0.154. The number of nitrogens with one attached hydrogen (secondary N) is 1. The van der Waals surface area contributed by atoms with Crippen LogP contribution in [-0.2, 0) is 14.3 Å². The second kappa shape index (κ2) is 15.8. The van der Waals surface area contributed by atoms with E-state index in [-0.39, 0.29) is 18.9 Å². The lowest BCUT2D eigenvalue weighted by Crippen LogP contribution is -2.35. The molecule has 0 fully saturated rings. The summed E-state index contributed by atoms with van der Waals surface area (Å²) in [5.41, 5.74) is -0.560. The van der Waals surface area contributed by atoms with E-state index in [0.717, 1.165) is 18.8 Å². The van der Waals surface area contributed by atoms with Crippen LogP contribution in [0, 0.1) is 5.92 Å². The quantitative estimate of drug-likeness (QED) is 0.278. The van der Waals surface area contributed by atoms with Gasteiger partial charge in [0, 0.05) is 0 Å². The molecule has 2 N–H and O–H groups in total. The van der Waals surface area contributed by atoms with Crippen LogP contribution in [-0.4, -0.2) is 35.2 Å². The molecule has 0 radical (unpaired) electrons. The molecule has 0 aromatic rings. The van der Waals surface area contributed by atoms with Gasteiger partial charge in [0.1, 0.15) is 12.1 Å². The molecule has 0 aliphatic rings. The number of esters is 1. The lowest BCUT2D eigenvalue weighted by atomic mass is 10.0. The highest BCUT2D eigenvalue weighted by Crippen LogP contribution is 2.14. The van der Waals surface area contributed by atoms with Gasteiger partial charge in [0.25, 0.3) is 0 Å². The van der Waals surface area contributed by atoms with Crippen LogP contribution in [0.4, 0.5) is 0 Å². The van der Waals surface area contributed by atoms with E-state index in [2.05, 4.69) is 19.2 Å². The number of aliphatic hydroxyl groups excluding tert-OH is 1. The summed E-state index contributed by atoms with van der Waals surface area (Å²) < 4.78 is 5.13. The van der Waals surface area contributed by atoms with Gasteiger partial charge in [-0.2, -0.15) is 0 Å². The van der Waals surface area contributed by atoms with Crippen LogP contribution in [0.15, 0.2) is 0 Å². The molecular weight excluding hydrogens is 354 g/mol. The van der Waals surface area contributed by atoms with Crippen LogP contribution in [0.2, 0.25) is 0 Å². The van der Waals surface area contributed by atoms with Crippen molar-refractivity contribution >= 4 is 11.9 Å². The Hall–Kier alpha value is -1.10. The Kier molecular flexibility index (Phi) is 15.2. The van der Waals surface area contributed by atoms with Crippen molar-refractivity contribution in [2.75, 3.05) is 6.54 Å². The smallest absolute Gasteiger partial charge is 0.325 e. The van der Waals surface area contributed by atoms with Gasteiger partial charge in [0.05, 0.1) is 12.5 Å². The second-order valence-corrected chi connectivity index (χ2v) is 9.37. The van der Waals surface area contributed by atoms with Crippen LogP contribution in [0.5, 0.6) is 0 Å². The second-order valence-electron chi connectivity index (χ2n) is 9.37. The molecule has 166 valence electrons. The SMILES string of the molecule is CC(C)CCCCCCCCCCCC(O)CC(=O)NCC(=O)OC(C)(C)C. The van der Waals surface area contributed by atoms with E-state index in [1.54, 1.807) is 20.8 Å². The maximum Gasteiger partial charge on any atom is 0.325 e. The van der Waals surface area contributed by atoms with E-state index < -0.39 is 17.7 Å². The van der Waals surface area contributed by atoms with Gasteiger partial charge in [0.15, 0.2) is 0 Å². The highest BCUT2D eigenvalue weighted by molar-refractivity contribution is 5.82. The maximum atomic E-state index is 11.8. The zero-order valence-corrected chi connectivity index (χ0v) is 19.0. The van der Waals surface area contributed by atoms with Crippen molar-refractivity contribution in [2.45, 2.75) is 123 Å². The summed E-state index contributed by atoms with van der Waals surface area (Å²) >= 11 is 0. The molecule has 5 nitrogen and oxygen atoms in total. The van der Waals surface area contributed by atoms with Crippen molar-refractivity contribution in [1.82, 2.24) is 5.32 Å². The van der Waals surface area contributed by atoms with E-state index in [4.69, 9.17) is 4.74 Å². The van der Waals surface area contributed by atoms with Gasteiger partial charge in [-0.15, -0.1) is 0 Å². The average molecular weight is 400 g/mol. The van der Waals surface area contributed by atoms with Crippen LogP contribution >= 0.6 is 0 Å². The number of aliphatic hydroxyl groups is 1. The van der Waals surface area contributed by atoms with Crippen LogP contribution in [0.25, 0.3) is 0 Å². The predicted molar refractivity (Wildman–Crippen MR) is 115 cm³/mol. The zero-order chi connectivity index (χ0) is 21.4. The Labute approximate surface area is 173 Å². The number of carbonyl (C=O) groups is 2. The molecule has 0 heterocycles. The Balaban J connectivity index is 3.51. The van der Waals surface area contributed by atoms with E-state index in [1.165, 1.54) is 51.4 Å². The van der Waals surface area contributed by atoms with Gasteiger partial charge >= 0.3 is 5.97 Å². The van der Waals surface area contributed by atoms with Crippen molar-refractivity contribution in [2.24, 2.45) is 5.92 Å². The van der Waals surface area contributed by atoms with Crippen LogP contribution in [0.1, 0.15) is 112 Å². The predicted octanol–water partition coefficient (Wildman–Crippen LogP) is 5.14. The molecule has 0 saturated carbocycles. The first-order chi connectivity index (χ1) is 13.1. The molecule has 0 bridgehead atoms. The van der Waals surface area contributed by atoms with Gasteiger partial charge in [0.2, 0.25) is 5.91 Å². The molecule has 1 unspecified atom stereocenters. The third kappa shape index (κ3) is 19.7. The topological polar surface area (TPSA) is 75.6 Å². The van der Waals surface area contributed by atoms with Gasteiger partial charge in [-0.1, -0.05) is 78.1 Å². The molecular formula is C23H45NO4. The summed E-state index contributed by atoms with van der Waals surface area (Å²) in [5, 5.41) is 12.5. The minimum atomic E-state index is -0.639. The van der Waals surface area contributed by atoms with Gasteiger partial charge in [-0.3, -0.25) is 9.59 Å². The molecule has 0 aromatic heterocycles. The van der Waals surface area contributed by atoms with Crippen molar-refractivity contribution in [1.29, 1.82) is 0 Å². The molecule has 1 amide bonds. The minimum absolute atomic E-state index is 0.0408. The molecule has 0 aliphatic heterocycles. The van der Waals surface area contributed by atoms with E-state index in [9.17, 15) is 14.7 Å². The summed E-state index contributed by atoms with van der Waals surface area (Å²) in [7, 11) is 0. The molecule has 0 aliphatic carbocycles. The zero-order valence-electron chi connectivity index (χ0n) is 19.0. The number of carbonyl (C=O) groups excluding carboxylic acids is 2. The minimum Gasteiger partial charge on any atom is -0.459 e. The standard InChI is InChI=1S/C23H45NO4/c1-19(2)15-13-11-9-7-6-8-10-12-14-16-20(25)17-21(26)24-18-22(27)28-23(3,4)5/h19-20,25H,6-18H2,1-5H3,(H,24,26). The fourth-order valence-corrected chi connectivity index (χ4v) is 3.11. The molecule has 1 atom stereocenters. The van der Waals surface area contributed by atoms with Crippen molar-refractivity contribution in [3.8, 4) is 0 Å². The summed E-state index contributed by atoms with van der Waals surface area (Å²) in [6.07, 6.45) is 12.6. The number of rotatable bonds is 16. The van der Waals surface area contributed by atoms with E-state index in [0.29, 0.717) is 6.42 Å². The summed E-state index contributed by atoms with van der Waals surface area (Å²) in [4.78, 5) is 23.3. The first-order valence-electron chi connectivity index (χ1n) is 11.3. The molecule has 0 spiro atoms. The monoisotopic (exact) mass is 399 g/mol. The third-order valence-electron chi connectivity index (χ3n) is 4.59. The Bertz CT molecular complexity index is 415. The third-order valence-corrected chi connectivity index (χ3v) is 4.59. The highest BCUT2D eigenvalue weighted by Gasteiger charge is 2.17. The van der Waals surface area contributed by atoms with E-state index in [1.807, 2.05) is 0 Å². The number of hydrogen-bond donors (Lipinski definition) is 2. The number of hydrogen-bond acceptors (Lipinski definition) is 4. The number of unbranched alkanes of at least 4 members (excludes halogenated alkanes) is 8. The maximum absolute atomic E-state index is 11.8. The summed E-state index contributed by atoms with van der Waals surface area (Å²) in [5.74, 6) is 0.0532. The van der Waals surface area contributed by atoms with Crippen LogP contribution < -0.4 is 5.32 Å². The largest absolute Gasteiger partial charge is 0.459 e. The van der Waals surface area contributed by atoms with Gasteiger partial charge < -0.3 is 15.2 Å².